The fourth-order valence-corrected chi connectivity index (χ4v) is 3.97. The molecule has 1 aromatic rings. The molecule has 0 radical (unpaired) electrons. The number of aliphatic hydroxyl groups excluding tert-OH is 1. The summed E-state index contributed by atoms with van der Waals surface area (Å²) in [5.74, 6) is -0.682. The molecule has 1 aliphatic heterocycles. The SMILES string of the molecule is COC1=C(c2c(O)cc(OC)c3c2C[C@H](C)OC3)C(=O)C(C)=C(C[C@@H](C)O)C1=O. The van der Waals surface area contributed by atoms with Crippen molar-refractivity contribution in [1.82, 2.24) is 0 Å². The van der Waals surface area contributed by atoms with E-state index in [1.807, 2.05) is 6.92 Å². The summed E-state index contributed by atoms with van der Waals surface area (Å²) in [6.07, 6.45) is -0.415. The summed E-state index contributed by atoms with van der Waals surface area (Å²) in [6.45, 7) is 5.28. The molecule has 0 saturated heterocycles. The predicted molar refractivity (Wildman–Crippen MR) is 106 cm³/mol. The van der Waals surface area contributed by atoms with Gasteiger partial charge in [-0.1, -0.05) is 0 Å². The Kier molecular flexibility index (Phi) is 5.82. The molecule has 29 heavy (non-hydrogen) atoms. The van der Waals surface area contributed by atoms with E-state index in [4.69, 9.17) is 14.2 Å². The average molecular weight is 402 g/mol. The van der Waals surface area contributed by atoms with Crippen LogP contribution in [0, 0.1) is 0 Å². The molecule has 7 nitrogen and oxygen atoms in total. The van der Waals surface area contributed by atoms with Gasteiger partial charge in [0.15, 0.2) is 11.5 Å². The highest BCUT2D eigenvalue weighted by Crippen LogP contribution is 2.44. The van der Waals surface area contributed by atoms with Gasteiger partial charge in [-0.2, -0.15) is 0 Å². The zero-order chi connectivity index (χ0) is 21.5. The van der Waals surface area contributed by atoms with Crippen LogP contribution in [0.15, 0.2) is 23.0 Å². The Balaban J connectivity index is 2.27. The molecule has 0 fully saturated rings. The lowest BCUT2D eigenvalue weighted by atomic mass is 9.80. The number of carbonyl (C=O) groups is 2. The van der Waals surface area contributed by atoms with Gasteiger partial charge in [-0.3, -0.25) is 9.59 Å². The maximum Gasteiger partial charge on any atom is 0.224 e. The summed E-state index contributed by atoms with van der Waals surface area (Å²) >= 11 is 0. The van der Waals surface area contributed by atoms with Crippen molar-refractivity contribution in [2.75, 3.05) is 14.2 Å². The maximum atomic E-state index is 13.3. The molecule has 2 N–H and O–H groups in total. The molecule has 7 heteroatoms. The minimum atomic E-state index is -0.781. The predicted octanol–water partition coefficient (Wildman–Crippen LogP) is 2.46. The van der Waals surface area contributed by atoms with Crippen LogP contribution in [0.4, 0.5) is 0 Å². The lowest BCUT2D eigenvalue weighted by Crippen LogP contribution is -2.27. The highest BCUT2D eigenvalue weighted by atomic mass is 16.5. The van der Waals surface area contributed by atoms with Gasteiger partial charge in [-0.05, 0) is 32.8 Å². The molecule has 2 aliphatic rings. The fraction of sp³-hybridized carbons (Fsp3) is 0.455. The van der Waals surface area contributed by atoms with E-state index < -0.39 is 17.7 Å². The minimum absolute atomic E-state index is 0.0369. The monoisotopic (exact) mass is 402 g/mol. The van der Waals surface area contributed by atoms with Crippen LogP contribution in [0.2, 0.25) is 0 Å². The van der Waals surface area contributed by atoms with Gasteiger partial charge >= 0.3 is 0 Å². The number of aromatic hydroxyl groups is 1. The van der Waals surface area contributed by atoms with Gasteiger partial charge < -0.3 is 24.4 Å². The minimum Gasteiger partial charge on any atom is -0.507 e. The van der Waals surface area contributed by atoms with E-state index >= 15 is 0 Å². The molecule has 156 valence electrons. The van der Waals surface area contributed by atoms with E-state index in [2.05, 4.69) is 0 Å². The van der Waals surface area contributed by atoms with E-state index in [0.717, 1.165) is 5.56 Å². The van der Waals surface area contributed by atoms with Gasteiger partial charge in [0.1, 0.15) is 11.5 Å². The van der Waals surface area contributed by atoms with Crippen LogP contribution in [0.3, 0.4) is 0 Å². The molecule has 3 rings (SSSR count). The Morgan fingerprint density at radius 3 is 2.48 bits per heavy atom. The van der Waals surface area contributed by atoms with Gasteiger partial charge in [-0.15, -0.1) is 0 Å². The standard InChI is InChI=1S/C22H26O7/c1-10(23)6-13-12(3)20(25)19(22(28-5)21(13)26)18-14-7-11(2)29-9-15(14)17(27-4)8-16(18)24/h8,10-11,23-24H,6-7,9H2,1-5H3/t10-,11+/m1/s1. The largest absolute Gasteiger partial charge is 0.507 e. The number of ketones is 2. The number of phenolic OH excluding ortho intramolecular Hbond substituents is 1. The first-order valence-electron chi connectivity index (χ1n) is 9.50. The van der Waals surface area contributed by atoms with Crippen molar-refractivity contribution >= 4 is 17.1 Å². The number of allylic oxidation sites excluding steroid dienone is 3. The lowest BCUT2D eigenvalue weighted by molar-refractivity contribution is -0.117. The molecular weight excluding hydrogens is 376 g/mol. The van der Waals surface area contributed by atoms with Crippen molar-refractivity contribution < 1.29 is 34.0 Å². The number of carbonyl (C=O) groups excluding carboxylic acids is 2. The number of Topliss-reactive ketones (excluding diaryl/α,β-unsaturated/α-hetero) is 2. The first-order valence-corrected chi connectivity index (χ1v) is 9.50. The number of hydrogen-bond donors (Lipinski definition) is 2. The Labute approximate surface area is 169 Å². The summed E-state index contributed by atoms with van der Waals surface area (Å²) in [4.78, 5) is 26.4. The smallest absolute Gasteiger partial charge is 0.224 e. The second-order valence-corrected chi connectivity index (χ2v) is 7.48. The highest BCUT2D eigenvalue weighted by molar-refractivity contribution is 6.39. The Morgan fingerprint density at radius 1 is 1.21 bits per heavy atom. The van der Waals surface area contributed by atoms with Crippen LogP contribution in [0.25, 0.3) is 5.57 Å². The summed E-state index contributed by atoms with van der Waals surface area (Å²) in [6, 6.07) is 1.43. The molecule has 0 spiro atoms. The molecule has 0 saturated carbocycles. The summed E-state index contributed by atoms with van der Waals surface area (Å²) in [5.41, 5.74) is 2.23. The molecule has 1 heterocycles. The maximum absolute atomic E-state index is 13.3. The molecule has 0 unspecified atom stereocenters. The molecular formula is C22H26O7. The number of phenols is 1. The molecule has 1 aliphatic carbocycles. The number of benzene rings is 1. The highest BCUT2D eigenvalue weighted by Gasteiger charge is 2.38. The van der Waals surface area contributed by atoms with Crippen LogP contribution in [0.1, 0.15) is 43.9 Å². The fourth-order valence-electron chi connectivity index (χ4n) is 3.97. The van der Waals surface area contributed by atoms with Crippen molar-refractivity contribution in [1.29, 1.82) is 0 Å². The first-order chi connectivity index (χ1) is 13.7. The van der Waals surface area contributed by atoms with Crippen LogP contribution >= 0.6 is 0 Å². The zero-order valence-electron chi connectivity index (χ0n) is 17.3. The van der Waals surface area contributed by atoms with Crippen LogP contribution < -0.4 is 4.74 Å². The van der Waals surface area contributed by atoms with E-state index in [0.29, 0.717) is 17.7 Å². The van der Waals surface area contributed by atoms with Crippen molar-refractivity contribution in [2.45, 2.75) is 52.4 Å². The van der Waals surface area contributed by atoms with E-state index in [1.54, 1.807) is 13.8 Å². The van der Waals surface area contributed by atoms with Crippen LogP contribution in [-0.4, -0.2) is 48.2 Å². The van der Waals surface area contributed by atoms with E-state index in [-0.39, 0.29) is 52.9 Å². The number of ether oxygens (including phenoxy) is 3. The summed E-state index contributed by atoms with van der Waals surface area (Å²) in [7, 11) is 2.82. The van der Waals surface area contributed by atoms with Crippen LogP contribution in [0.5, 0.6) is 11.5 Å². The van der Waals surface area contributed by atoms with Gasteiger partial charge in [0, 0.05) is 34.8 Å². The Hall–Kier alpha value is -2.64. The third kappa shape index (κ3) is 3.56. The number of methoxy groups -OCH3 is 2. The van der Waals surface area contributed by atoms with Gasteiger partial charge in [0.05, 0.1) is 38.6 Å². The molecule has 0 bridgehead atoms. The number of aliphatic hydroxyl groups is 1. The molecule has 0 amide bonds. The number of fused-ring (bicyclic) bond motifs is 1. The van der Waals surface area contributed by atoms with E-state index in [9.17, 15) is 19.8 Å². The van der Waals surface area contributed by atoms with Crippen molar-refractivity contribution in [3.63, 3.8) is 0 Å². The topological polar surface area (TPSA) is 102 Å². The quantitative estimate of drug-likeness (QED) is 0.730. The summed E-state index contributed by atoms with van der Waals surface area (Å²) < 4.78 is 16.4. The normalized spacial score (nSPS) is 20.7. The first kappa shape index (κ1) is 21.1. The second-order valence-electron chi connectivity index (χ2n) is 7.48. The molecule has 0 aromatic heterocycles. The van der Waals surface area contributed by atoms with Crippen molar-refractivity contribution in [2.24, 2.45) is 0 Å². The number of hydrogen-bond acceptors (Lipinski definition) is 7. The molecule has 1 aromatic carbocycles. The van der Waals surface area contributed by atoms with Gasteiger partial charge in [0.2, 0.25) is 5.78 Å². The van der Waals surface area contributed by atoms with Crippen molar-refractivity contribution in [3.05, 3.63) is 39.7 Å². The Morgan fingerprint density at radius 2 is 1.90 bits per heavy atom. The zero-order valence-corrected chi connectivity index (χ0v) is 17.3. The summed E-state index contributed by atoms with van der Waals surface area (Å²) in [5, 5.41) is 20.5. The number of rotatable bonds is 5. The third-order valence-electron chi connectivity index (χ3n) is 5.39. The van der Waals surface area contributed by atoms with E-state index in [1.165, 1.54) is 20.3 Å². The third-order valence-corrected chi connectivity index (χ3v) is 5.39. The van der Waals surface area contributed by atoms with Gasteiger partial charge in [0.25, 0.3) is 0 Å². The lowest BCUT2D eigenvalue weighted by Gasteiger charge is -2.29. The molecule has 2 atom stereocenters. The van der Waals surface area contributed by atoms with Crippen molar-refractivity contribution in [3.8, 4) is 11.5 Å². The Bertz CT molecular complexity index is 937. The van der Waals surface area contributed by atoms with Gasteiger partial charge in [-0.25, -0.2) is 0 Å². The van der Waals surface area contributed by atoms with Crippen LogP contribution in [-0.2, 0) is 32.1 Å². The second kappa shape index (κ2) is 8.00. The average Bonchev–Trinajstić information content (AvgIpc) is 2.67.